The molecule has 3 heterocycles. The van der Waals surface area contributed by atoms with E-state index in [0.29, 0.717) is 12.4 Å². The Bertz CT molecular complexity index is 974. The number of para-hydroxylation sites is 1. The molecule has 2 aromatic carbocycles. The maximum atomic E-state index is 14.0. The molecule has 0 saturated carbocycles. The molecule has 2 amide bonds. The zero-order chi connectivity index (χ0) is 20.7. The van der Waals surface area contributed by atoms with Crippen LogP contribution in [-0.2, 0) is 14.5 Å². The number of amides is 2. The molecule has 2 fully saturated rings. The Morgan fingerprint density at radius 2 is 1.73 bits per heavy atom. The summed E-state index contributed by atoms with van der Waals surface area (Å²) in [4.78, 5) is 31.9. The Labute approximate surface area is 180 Å². The monoisotopic (exact) mass is 423 g/mol. The summed E-state index contributed by atoms with van der Waals surface area (Å²) >= 11 is 1.43. The maximum absolute atomic E-state index is 14.0. The lowest BCUT2D eigenvalue weighted by Gasteiger charge is -2.35. The van der Waals surface area contributed by atoms with Gasteiger partial charge in [-0.1, -0.05) is 24.6 Å². The maximum Gasteiger partial charge on any atom is 0.269 e. The van der Waals surface area contributed by atoms with Crippen molar-refractivity contribution in [2.45, 2.75) is 24.1 Å². The zero-order valence-electron chi connectivity index (χ0n) is 17.0. The van der Waals surface area contributed by atoms with Crippen LogP contribution in [0.5, 0.6) is 5.75 Å². The third-order valence-electron chi connectivity index (χ3n) is 6.18. The summed E-state index contributed by atoms with van der Waals surface area (Å²) in [7, 11) is 1.61. The summed E-state index contributed by atoms with van der Waals surface area (Å²) in [5, 5.41) is 0. The summed E-state index contributed by atoms with van der Waals surface area (Å²) in [6.07, 6.45) is 3.58. The Morgan fingerprint density at radius 1 is 1.00 bits per heavy atom. The molecule has 3 aliphatic heterocycles. The van der Waals surface area contributed by atoms with Crippen LogP contribution < -0.4 is 14.5 Å². The minimum atomic E-state index is -1.04. The highest BCUT2D eigenvalue weighted by Gasteiger charge is 2.61. The molecule has 7 heteroatoms. The van der Waals surface area contributed by atoms with Gasteiger partial charge < -0.3 is 4.74 Å². The number of hydrogen-bond donors (Lipinski definition) is 0. The average Bonchev–Trinajstić information content (AvgIpc) is 3.26. The number of carbonyl (C=O) groups is 2. The summed E-state index contributed by atoms with van der Waals surface area (Å²) in [5.41, 5.74) is 2.53. The van der Waals surface area contributed by atoms with E-state index >= 15 is 0 Å². The number of likely N-dealkylation sites (tertiary alicyclic amines) is 1. The predicted molar refractivity (Wildman–Crippen MR) is 119 cm³/mol. The number of benzene rings is 2. The van der Waals surface area contributed by atoms with E-state index in [2.05, 4.69) is 4.90 Å². The largest absolute Gasteiger partial charge is 0.497 e. The van der Waals surface area contributed by atoms with E-state index in [4.69, 9.17) is 4.74 Å². The molecule has 5 rings (SSSR count). The smallest absolute Gasteiger partial charge is 0.269 e. The zero-order valence-corrected chi connectivity index (χ0v) is 17.9. The molecule has 0 N–H and O–H groups in total. The number of nitrogens with zero attached hydrogens (tertiary/aromatic N) is 3. The van der Waals surface area contributed by atoms with E-state index in [1.807, 2.05) is 53.4 Å². The summed E-state index contributed by atoms with van der Waals surface area (Å²) < 4.78 is 5.27. The number of carbonyl (C=O) groups excluding carboxylic acids is 2. The lowest BCUT2D eigenvalue weighted by molar-refractivity contribution is -0.124. The van der Waals surface area contributed by atoms with E-state index in [1.165, 1.54) is 31.0 Å². The number of anilines is 2. The minimum Gasteiger partial charge on any atom is -0.497 e. The van der Waals surface area contributed by atoms with E-state index < -0.39 is 4.87 Å². The Morgan fingerprint density at radius 3 is 2.47 bits per heavy atom. The third kappa shape index (κ3) is 2.91. The topological polar surface area (TPSA) is 53.1 Å². The van der Waals surface area contributed by atoms with E-state index in [-0.39, 0.29) is 17.6 Å². The summed E-state index contributed by atoms with van der Waals surface area (Å²) in [6, 6.07) is 15.3. The average molecular weight is 424 g/mol. The number of hydrogen-bond acceptors (Lipinski definition) is 5. The standard InChI is InChI=1S/C23H25N3O3S/c1-29-18-11-9-17(10-12-18)26-21(27)15-30-23(26)19-7-3-4-8-20(19)25(22(23)28)16-24-13-5-2-6-14-24/h3-4,7-12H,2,5-6,13-16H2,1H3. The number of methoxy groups -OCH3 is 1. The van der Waals surface area contributed by atoms with Gasteiger partial charge in [-0.15, -0.1) is 11.8 Å². The molecule has 0 radical (unpaired) electrons. The first kappa shape index (κ1) is 19.5. The van der Waals surface area contributed by atoms with Gasteiger partial charge in [-0.3, -0.25) is 24.3 Å². The van der Waals surface area contributed by atoms with Gasteiger partial charge >= 0.3 is 0 Å². The quantitative estimate of drug-likeness (QED) is 0.754. The van der Waals surface area contributed by atoms with Gasteiger partial charge in [0.25, 0.3) is 5.91 Å². The minimum absolute atomic E-state index is 0.0269. The van der Waals surface area contributed by atoms with Crippen LogP contribution in [0.4, 0.5) is 11.4 Å². The molecular formula is C23H25N3O3S. The lowest BCUT2D eigenvalue weighted by Crippen LogP contribution is -2.52. The molecule has 3 aliphatic rings. The molecule has 2 saturated heterocycles. The molecule has 2 aromatic rings. The number of rotatable bonds is 4. The summed E-state index contributed by atoms with van der Waals surface area (Å²) in [6.45, 7) is 2.59. The fraction of sp³-hybridized carbons (Fsp3) is 0.391. The number of fused-ring (bicyclic) bond motifs is 2. The van der Waals surface area contributed by atoms with Crippen LogP contribution in [0.15, 0.2) is 48.5 Å². The van der Waals surface area contributed by atoms with Gasteiger partial charge in [0.15, 0.2) is 0 Å². The van der Waals surface area contributed by atoms with E-state index in [1.54, 1.807) is 12.0 Å². The highest BCUT2D eigenvalue weighted by Crippen LogP contribution is 2.55. The Hall–Kier alpha value is -2.51. The molecule has 0 bridgehead atoms. The molecular weight excluding hydrogens is 398 g/mol. The van der Waals surface area contributed by atoms with Gasteiger partial charge in [-0.05, 0) is 56.3 Å². The first-order valence-electron chi connectivity index (χ1n) is 10.4. The Kier molecular flexibility index (Phi) is 4.95. The second-order valence-corrected chi connectivity index (χ2v) is 9.10. The van der Waals surface area contributed by atoms with Crippen molar-refractivity contribution in [1.82, 2.24) is 4.90 Å². The molecule has 1 spiro atoms. The molecule has 1 unspecified atom stereocenters. The molecule has 0 aromatic heterocycles. The Balaban J connectivity index is 1.57. The van der Waals surface area contributed by atoms with Gasteiger partial charge in [-0.25, -0.2) is 0 Å². The van der Waals surface area contributed by atoms with Crippen LogP contribution in [0.2, 0.25) is 0 Å². The van der Waals surface area contributed by atoms with Crippen LogP contribution in [0, 0.1) is 0 Å². The fourth-order valence-corrected chi connectivity index (χ4v) is 6.09. The highest BCUT2D eigenvalue weighted by molar-refractivity contribution is 8.02. The first-order chi connectivity index (χ1) is 14.6. The van der Waals surface area contributed by atoms with E-state index in [0.717, 1.165) is 30.1 Å². The summed E-state index contributed by atoms with van der Waals surface area (Å²) in [5.74, 6) is 0.926. The van der Waals surface area contributed by atoms with Crippen molar-refractivity contribution in [1.29, 1.82) is 0 Å². The SMILES string of the molecule is COc1ccc(N2C(=O)CSC23C(=O)N(CN2CCCCC2)c2ccccc23)cc1. The number of piperidine rings is 1. The van der Waals surface area contributed by atoms with Gasteiger partial charge in [0.05, 0.1) is 25.2 Å². The molecule has 30 heavy (non-hydrogen) atoms. The van der Waals surface area contributed by atoms with Gasteiger partial charge in [0.2, 0.25) is 10.8 Å². The van der Waals surface area contributed by atoms with Crippen molar-refractivity contribution in [3.8, 4) is 5.75 Å². The van der Waals surface area contributed by atoms with Crippen molar-refractivity contribution in [3.05, 3.63) is 54.1 Å². The van der Waals surface area contributed by atoms with Gasteiger partial charge in [0.1, 0.15) is 5.75 Å². The third-order valence-corrected chi connectivity index (χ3v) is 7.57. The van der Waals surface area contributed by atoms with Crippen molar-refractivity contribution in [3.63, 3.8) is 0 Å². The van der Waals surface area contributed by atoms with Crippen LogP contribution in [0.3, 0.4) is 0 Å². The number of ether oxygens (including phenoxy) is 1. The second-order valence-electron chi connectivity index (χ2n) is 7.93. The normalized spacial score (nSPS) is 24.0. The van der Waals surface area contributed by atoms with Crippen LogP contribution in [0.25, 0.3) is 0 Å². The fourth-order valence-electron chi connectivity index (χ4n) is 4.73. The molecule has 6 nitrogen and oxygen atoms in total. The van der Waals surface area contributed by atoms with Gasteiger partial charge in [-0.2, -0.15) is 0 Å². The van der Waals surface area contributed by atoms with E-state index in [9.17, 15) is 9.59 Å². The lowest BCUT2D eigenvalue weighted by atomic mass is 10.0. The van der Waals surface area contributed by atoms with Crippen molar-refractivity contribution >= 4 is 35.0 Å². The van der Waals surface area contributed by atoms with Crippen LogP contribution >= 0.6 is 11.8 Å². The van der Waals surface area contributed by atoms with Crippen LogP contribution in [-0.4, -0.2) is 49.3 Å². The van der Waals surface area contributed by atoms with Crippen molar-refractivity contribution in [2.75, 3.05) is 42.4 Å². The first-order valence-corrected chi connectivity index (χ1v) is 11.4. The number of thioether (sulfide) groups is 1. The van der Waals surface area contributed by atoms with Crippen molar-refractivity contribution < 1.29 is 14.3 Å². The molecule has 1 atom stereocenters. The highest BCUT2D eigenvalue weighted by atomic mass is 32.2. The van der Waals surface area contributed by atoms with Gasteiger partial charge in [0, 0.05) is 11.3 Å². The predicted octanol–water partition coefficient (Wildman–Crippen LogP) is 3.42. The van der Waals surface area contributed by atoms with Crippen LogP contribution in [0.1, 0.15) is 24.8 Å². The molecule has 156 valence electrons. The molecule has 0 aliphatic carbocycles. The second kappa shape index (κ2) is 7.63. The van der Waals surface area contributed by atoms with Crippen molar-refractivity contribution in [2.24, 2.45) is 0 Å².